The third-order valence-electron chi connectivity index (χ3n) is 3.59. The summed E-state index contributed by atoms with van der Waals surface area (Å²) in [6.45, 7) is 6.73. The van der Waals surface area contributed by atoms with Crippen molar-refractivity contribution < 1.29 is 0 Å². The van der Waals surface area contributed by atoms with Crippen molar-refractivity contribution in [1.82, 2.24) is 14.9 Å². The Morgan fingerprint density at radius 3 is 2.29 bits per heavy atom. The van der Waals surface area contributed by atoms with Gasteiger partial charge in [0.2, 0.25) is 0 Å². The Hall–Kier alpha value is -1.16. The summed E-state index contributed by atoms with van der Waals surface area (Å²) < 4.78 is 0. The fourth-order valence-electron chi connectivity index (χ4n) is 2.72. The maximum absolute atomic E-state index is 4.47. The van der Waals surface area contributed by atoms with Gasteiger partial charge < -0.3 is 9.80 Å². The highest BCUT2D eigenvalue weighted by molar-refractivity contribution is 5.39. The molecule has 1 aromatic rings. The van der Waals surface area contributed by atoms with Gasteiger partial charge in [0.25, 0.3) is 0 Å². The first kappa shape index (κ1) is 12.3. The molecule has 0 amide bonds. The molecule has 1 aromatic heterocycles. The van der Waals surface area contributed by atoms with Crippen LogP contribution in [-0.4, -0.2) is 47.1 Å². The highest BCUT2D eigenvalue weighted by Gasteiger charge is 2.31. The van der Waals surface area contributed by atoms with Crippen LogP contribution in [0.5, 0.6) is 0 Å². The number of anilines is 1. The highest BCUT2D eigenvalue weighted by Crippen LogP contribution is 2.24. The Balaban J connectivity index is 2.26. The fraction of sp³-hybridized carbons (Fsp3) is 0.692. The van der Waals surface area contributed by atoms with Crippen LogP contribution in [0, 0.1) is 0 Å². The molecule has 2 unspecified atom stereocenters. The minimum atomic E-state index is 0.551. The molecule has 4 heteroatoms. The maximum Gasteiger partial charge on any atom is 0.147 e. The van der Waals surface area contributed by atoms with E-state index in [1.807, 2.05) is 6.20 Å². The number of nitrogens with zero attached hydrogens (tertiary/aromatic N) is 4. The average Bonchev–Trinajstić information content (AvgIpc) is 2.38. The summed E-state index contributed by atoms with van der Waals surface area (Å²) in [6, 6.07) is 1.10. The van der Waals surface area contributed by atoms with E-state index in [0.29, 0.717) is 12.1 Å². The molecule has 0 spiro atoms. The van der Waals surface area contributed by atoms with E-state index in [-0.39, 0.29) is 0 Å². The summed E-state index contributed by atoms with van der Waals surface area (Å²) >= 11 is 0. The minimum absolute atomic E-state index is 0.551. The van der Waals surface area contributed by atoms with Crippen LogP contribution in [0.1, 0.15) is 26.7 Å². The zero-order chi connectivity index (χ0) is 12.3. The normalized spacial score (nSPS) is 26.2. The van der Waals surface area contributed by atoms with Gasteiger partial charge in [0.05, 0.1) is 6.20 Å². The van der Waals surface area contributed by atoms with Crippen molar-refractivity contribution in [3.05, 3.63) is 18.6 Å². The van der Waals surface area contributed by atoms with E-state index in [1.165, 1.54) is 0 Å². The Morgan fingerprint density at radius 2 is 1.82 bits per heavy atom. The van der Waals surface area contributed by atoms with Crippen LogP contribution in [0.15, 0.2) is 18.6 Å². The molecule has 0 bridgehead atoms. The first-order valence-electron chi connectivity index (χ1n) is 6.49. The maximum atomic E-state index is 4.47. The largest absolute Gasteiger partial charge is 0.347 e. The van der Waals surface area contributed by atoms with E-state index in [0.717, 1.165) is 31.7 Å². The summed E-state index contributed by atoms with van der Waals surface area (Å²) in [7, 11) is 2.21. The number of hydrogen-bond acceptors (Lipinski definition) is 4. The van der Waals surface area contributed by atoms with Crippen LogP contribution in [0.4, 0.5) is 5.82 Å². The molecular formula is C13H22N4. The van der Waals surface area contributed by atoms with Crippen molar-refractivity contribution >= 4 is 5.82 Å². The Bertz CT molecular complexity index is 327. The third kappa shape index (κ3) is 2.57. The predicted octanol–water partition coefficient (Wildman–Crippen LogP) is 1.79. The second kappa shape index (κ2) is 5.45. The highest BCUT2D eigenvalue weighted by atomic mass is 15.3. The number of piperazine rings is 1. The van der Waals surface area contributed by atoms with E-state index in [4.69, 9.17) is 0 Å². The molecule has 0 aliphatic carbocycles. The smallest absolute Gasteiger partial charge is 0.147 e. The van der Waals surface area contributed by atoms with E-state index in [1.54, 1.807) is 12.4 Å². The van der Waals surface area contributed by atoms with E-state index in [9.17, 15) is 0 Å². The zero-order valence-corrected chi connectivity index (χ0v) is 11.0. The van der Waals surface area contributed by atoms with Crippen molar-refractivity contribution in [2.45, 2.75) is 38.8 Å². The van der Waals surface area contributed by atoms with Gasteiger partial charge in [-0.2, -0.15) is 0 Å². The number of hydrogen-bond donors (Lipinski definition) is 0. The lowest BCUT2D eigenvalue weighted by Gasteiger charge is -2.46. The van der Waals surface area contributed by atoms with Crippen molar-refractivity contribution in [1.29, 1.82) is 0 Å². The molecule has 2 atom stereocenters. The van der Waals surface area contributed by atoms with E-state index in [2.05, 4.69) is 40.7 Å². The van der Waals surface area contributed by atoms with Crippen molar-refractivity contribution in [2.24, 2.45) is 0 Å². The molecule has 94 valence electrons. The molecule has 1 aliphatic rings. The van der Waals surface area contributed by atoms with Gasteiger partial charge in [-0.3, -0.25) is 4.98 Å². The number of aromatic nitrogens is 2. The van der Waals surface area contributed by atoms with Crippen molar-refractivity contribution in [3.63, 3.8) is 0 Å². The van der Waals surface area contributed by atoms with Crippen LogP contribution >= 0.6 is 0 Å². The fourth-order valence-corrected chi connectivity index (χ4v) is 2.72. The Labute approximate surface area is 104 Å². The lowest BCUT2D eigenvalue weighted by atomic mass is 10.0. The number of rotatable bonds is 3. The molecule has 17 heavy (non-hydrogen) atoms. The van der Waals surface area contributed by atoms with Gasteiger partial charge in [0, 0.05) is 37.6 Å². The van der Waals surface area contributed by atoms with Gasteiger partial charge in [-0.05, 0) is 19.9 Å². The number of likely N-dealkylation sites (N-methyl/N-ethyl adjacent to an activating group) is 1. The van der Waals surface area contributed by atoms with Crippen molar-refractivity contribution in [3.8, 4) is 0 Å². The molecule has 2 rings (SSSR count). The molecule has 1 fully saturated rings. The van der Waals surface area contributed by atoms with Gasteiger partial charge in [-0.15, -0.1) is 0 Å². The van der Waals surface area contributed by atoms with E-state index >= 15 is 0 Å². The lowest BCUT2D eigenvalue weighted by Crippen LogP contribution is -2.57. The summed E-state index contributed by atoms with van der Waals surface area (Å²) in [4.78, 5) is 13.6. The molecule has 2 heterocycles. The van der Waals surface area contributed by atoms with E-state index < -0.39 is 0 Å². The van der Waals surface area contributed by atoms with Gasteiger partial charge in [-0.1, -0.05) is 13.8 Å². The SMILES string of the molecule is CCC1CN(C)CC(CC)N1c1cnccn1. The zero-order valence-electron chi connectivity index (χ0n) is 11.0. The Kier molecular flexibility index (Phi) is 3.94. The summed E-state index contributed by atoms with van der Waals surface area (Å²) in [6.07, 6.45) is 7.71. The second-order valence-electron chi connectivity index (χ2n) is 4.82. The van der Waals surface area contributed by atoms with Crippen LogP contribution in [0.25, 0.3) is 0 Å². The summed E-state index contributed by atoms with van der Waals surface area (Å²) in [5.74, 6) is 1.03. The molecule has 0 radical (unpaired) electrons. The third-order valence-corrected chi connectivity index (χ3v) is 3.59. The Morgan fingerprint density at radius 1 is 1.18 bits per heavy atom. The summed E-state index contributed by atoms with van der Waals surface area (Å²) in [5.41, 5.74) is 0. The first-order valence-corrected chi connectivity index (χ1v) is 6.49. The van der Waals surface area contributed by atoms with Crippen molar-refractivity contribution in [2.75, 3.05) is 25.0 Å². The molecule has 0 N–H and O–H groups in total. The van der Waals surface area contributed by atoms with Crippen LogP contribution in [0.2, 0.25) is 0 Å². The summed E-state index contributed by atoms with van der Waals surface area (Å²) in [5, 5.41) is 0. The quantitative estimate of drug-likeness (QED) is 0.798. The molecule has 0 aromatic carbocycles. The predicted molar refractivity (Wildman–Crippen MR) is 70.2 cm³/mol. The molecule has 1 saturated heterocycles. The van der Waals surface area contributed by atoms with Gasteiger partial charge in [-0.25, -0.2) is 4.98 Å². The molecule has 4 nitrogen and oxygen atoms in total. The van der Waals surface area contributed by atoms with Gasteiger partial charge in [0.15, 0.2) is 0 Å². The lowest BCUT2D eigenvalue weighted by molar-refractivity contribution is 0.218. The van der Waals surface area contributed by atoms with Crippen LogP contribution < -0.4 is 4.90 Å². The molecule has 1 aliphatic heterocycles. The van der Waals surface area contributed by atoms with Gasteiger partial charge in [0.1, 0.15) is 5.82 Å². The van der Waals surface area contributed by atoms with Gasteiger partial charge >= 0.3 is 0 Å². The van der Waals surface area contributed by atoms with Crippen LogP contribution in [-0.2, 0) is 0 Å². The molecular weight excluding hydrogens is 212 g/mol. The van der Waals surface area contributed by atoms with Crippen LogP contribution in [0.3, 0.4) is 0 Å². The standard InChI is InChI=1S/C13H22N4/c1-4-11-9-16(3)10-12(5-2)17(11)13-8-14-6-7-15-13/h6-8,11-12H,4-5,9-10H2,1-3H3. The second-order valence-corrected chi connectivity index (χ2v) is 4.82. The molecule has 0 saturated carbocycles. The average molecular weight is 234 g/mol. The topological polar surface area (TPSA) is 32.3 Å². The monoisotopic (exact) mass is 234 g/mol. The minimum Gasteiger partial charge on any atom is -0.347 e. The first-order chi connectivity index (χ1) is 8.26.